The van der Waals surface area contributed by atoms with Crippen LogP contribution >= 0.6 is 27.5 Å². The molecule has 1 fully saturated rings. The normalized spacial score (nSPS) is 19.6. The summed E-state index contributed by atoms with van der Waals surface area (Å²) in [6.07, 6.45) is 0.714. The third kappa shape index (κ3) is 4.11. The van der Waals surface area contributed by atoms with Gasteiger partial charge in [-0.15, -0.1) is 0 Å². The number of hydrogen-bond donors (Lipinski definition) is 0. The van der Waals surface area contributed by atoms with Crippen LogP contribution < -0.4 is 9.80 Å². The highest BCUT2D eigenvalue weighted by Crippen LogP contribution is 2.39. The summed E-state index contributed by atoms with van der Waals surface area (Å²) in [7, 11) is -3.71. The Kier molecular flexibility index (Phi) is 6.11. The number of aryl methyl sites for hydroxylation is 1. The monoisotopic (exact) mass is 525 g/mol. The van der Waals surface area contributed by atoms with Crippen molar-refractivity contribution in [1.29, 1.82) is 0 Å². The Morgan fingerprint density at radius 2 is 1.77 bits per heavy atom. The number of piperazine rings is 1. The summed E-state index contributed by atoms with van der Waals surface area (Å²) in [4.78, 5) is 16.2. The lowest BCUT2D eigenvalue weighted by Crippen LogP contribution is -2.49. The molecule has 31 heavy (non-hydrogen) atoms. The maximum Gasteiger partial charge on any atom is 0.244 e. The van der Waals surface area contributed by atoms with Gasteiger partial charge in [0.25, 0.3) is 0 Å². The summed E-state index contributed by atoms with van der Waals surface area (Å²) >= 11 is 9.62. The Morgan fingerprint density at radius 3 is 2.42 bits per heavy atom. The first kappa shape index (κ1) is 22.6. The number of halogens is 2. The van der Waals surface area contributed by atoms with Crippen LogP contribution in [-0.2, 0) is 21.2 Å². The smallest absolute Gasteiger partial charge is 0.244 e. The Labute approximate surface area is 196 Å². The van der Waals surface area contributed by atoms with Gasteiger partial charge in [-0.25, -0.2) is 8.42 Å². The van der Waals surface area contributed by atoms with Gasteiger partial charge >= 0.3 is 0 Å². The molecule has 1 unspecified atom stereocenters. The number of benzene rings is 2. The highest BCUT2D eigenvalue weighted by Gasteiger charge is 2.35. The van der Waals surface area contributed by atoms with E-state index >= 15 is 0 Å². The van der Waals surface area contributed by atoms with Crippen LogP contribution in [0, 0.1) is 6.92 Å². The van der Waals surface area contributed by atoms with E-state index in [0.29, 0.717) is 47.8 Å². The van der Waals surface area contributed by atoms with Crippen molar-refractivity contribution < 1.29 is 13.2 Å². The zero-order chi connectivity index (χ0) is 22.5. The molecule has 2 aliphatic heterocycles. The molecule has 166 valence electrons. The van der Waals surface area contributed by atoms with Crippen LogP contribution in [-0.4, -0.2) is 50.9 Å². The van der Waals surface area contributed by atoms with Gasteiger partial charge in [0.15, 0.2) is 0 Å². The van der Waals surface area contributed by atoms with Crippen LogP contribution in [0.2, 0.25) is 5.02 Å². The molecule has 1 saturated heterocycles. The maximum atomic E-state index is 13.5. The van der Waals surface area contributed by atoms with E-state index in [-0.39, 0.29) is 16.8 Å². The summed E-state index contributed by atoms with van der Waals surface area (Å²) in [6.45, 7) is 7.44. The SMILES string of the molecule is CC(=O)N1c2cc(S(=O)(=O)N3CCN(c4cc(Cl)ccc4C)CC3)c(Br)cc2CC1C. The van der Waals surface area contributed by atoms with Gasteiger partial charge < -0.3 is 9.80 Å². The maximum absolute atomic E-state index is 13.5. The minimum Gasteiger partial charge on any atom is -0.369 e. The number of amides is 1. The highest BCUT2D eigenvalue weighted by molar-refractivity contribution is 9.10. The van der Waals surface area contributed by atoms with E-state index in [2.05, 4.69) is 20.8 Å². The van der Waals surface area contributed by atoms with Crippen molar-refractivity contribution in [2.45, 2.75) is 38.1 Å². The van der Waals surface area contributed by atoms with Gasteiger partial charge in [-0.2, -0.15) is 4.31 Å². The van der Waals surface area contributed by atoms with E-state index < -0.39 is 10.0 Å². The number of carbonyl (C=O) groups is 1. The molecule has 2 heterocycles. The third-order valence-electron chi connectivity index (χ3n) is 6.06. The first-order chi connectivity index (χ1) is 14.6. The predicted molar refractivity (Wildman–Crippen MR) is 128 cm³/mol. The van der Waals surface area contributed by atoms with Crippen LogP contribution in [0.15, 0.2) is 39.7 Å². The number of hydrogen-bond acceptors (Lipinski definition) is 4. The van der Waals surface area contributed by atoms with Crippen molar-refractivity contribution in [3.63, 3.8) is 0 Å². The molecule has 0 spiro atoms. The van der Waals surface area contributed by atoms with Gasteiger partial charge in [0.2, 0.25) is 15.9 Å². The fraction of sp³-hybridized carbons (Fsp3) is 0.409. The summed E-state index contributed by atoms with van der Waals surface area (Å²) < 4.78 is 29.0. The molecule has 6 nitrogen and oxygen atoms in total. The van der Waals surface area contributed by atoms with Gasteiger partial charge in [-0.3, -0.25) is 4.79 Å². The number of sulfonamides is 1. The minimum atomic E-state index is -3.71. The lowest BCUT2D eigenvalue weighted by Gasteiger charge is -2.36. The summed E-state index contributed by atoms with van der Waals surface area (Å²) in [5, 5.41) is 0.668. The Hall–Kier alpha value is -1.61. The van der Waals surface area contributed by atoms with Crippen molar-refractivity contribution in [1.82, 2.24) is 4.31 Å². The van der Waals surface area contributed by atoms with Crippen molar-refractivity contribution in [2.24, 2.45) is 0 Å². The molecule has 0 aliphatic carbocycles. The van der Waals surface area contributed by atoms with E-state index in [1.54, 1.807) is 11.0 Å². The van der Waals surface area contributed by atoms with E-state index in [9.17, 15) is 13.2 Å². The number of carbonyl (C=O) groups excluding carboxylic acids is 1. The standard InChI is InChI=1S/C22H25BrClN3O3S/c1-14-4-5-18(24)12-20(14)25-6-8-26(9-7-25)31(29,30)22-13-21-17(11-19(22)23)10-15(2)27(21)16(3)28/h4-5,11-13,15H,6-10H2,1-3H3. The third-order valence-corrected chi connectivity index (χ3v) is 9.15. The molecule has 0 radical (unpaired) electrons. The van der Waals surface area contributed by atoms with E-state index in [1.807, 2.05) is 38.1 Å². The summed E-state index contributed by atoms with van der Waals surface area (Å²) in [6, 6.07) is 9.26. The highest BCUT2D eigenvalue weighted by atomic mass is 79.9. The molecule has 2 aromatic rings. The number of rotatable bonds is 3. The molecule has 1 atom stereocenters. The second kappa shape index (κ2) is 8.39. The Bertz CT molecular complexity index is 1150. The summed E-state index contributed by atoms with van der Waals surface area (Å²) in [5.41, 5.74) is 3.82. The second-order valence-electron chi connectivity index (χ2n) is 8.18. The second-order valence-corrected chi connectivity index (χ2v) is 11.4. The van der Waals surface area contributed by atoms with Crippen LogP contribution in [0.5, 0.6) is 0 Å². The first-order valence-electron chi connectivity index (χ1n) is 10.2. The Morgan fingerprint density at radius 1 is 1.10 bits per heavy atom. The molecule has 0 aromatic heterocycles. The van der Waals surface area contributed by atoms with Gasteiger partial charge in [0.05, 0.1) is 4.90 Å². The fourth-order valence-corrected chi connectivity index (χ4v) is 7.19. The average molecular weight is 527 g/mol. The van der Waals surface area contributed by atoms with Crippen molar-refractivity contribution in [3.8, 4) is 0 Å². The minimum absolute atomic E-state index is 0.0156. The topological polar surface area (TPSA) is 60.9 Å². The average Bonchev–Trinajstić information content (AvgIpc) is 3.04. The molecule has 0 saturated carbocycles. The lowest BCUT2D eigenvalue weighted by atomic mass is 10.1. The van der Waals surface area contributed by atoms with Gasteiger partial charge in [0.1, 0.15) is 0 Å². The molecule has 2 aliphatic rings. The number of anilines is 2. The number of fused-ring (bicyclic) bond motifs is 1. The van der Waals surface area contributed by atoms with Crippen LogP contribution in [0.4, 0.5) is 11.4 Å². The van der Waals surface area contributed by atoms with Gasteiger partial charge in [-0.05, 0) is 71.6 Å². The quantitative estimate of drug-likeness (QED) is 0.601. The molecular weight excluding hydrogens is 502 g/mol. The first-order valence-corrected chi connectivity index (χ1v) is 12.8. The molecule has 0 N–H and O–H groups in total. The van der Waals surface area contributed by atoms with E-state index in [4.69, 9.17) is 11.6 Å². The molecule has 4 rings (SSSR count). The van der Waals surface area contributed by atoms with E-state index in [0.717, 1.165) is 16.8 Å². The molecule has 1 amide bonds. The van der Waals surface area contributed by atoms with Gasteiger partial charge in [0, 0.05) is 60.0 Å². The summed E-state index contributed by atoms with van der Waals surface area (Å²) in [5.74, 6) is -0.0811. The molecular formula is C22H25BrClN3O3S. The van der Waals surface area contributed by atoms with Crippen LogP contribution in [0.25, 0.3) is 0 Å². The predicted octanol–water partition coefficient (Wildman–Crippen LogP) is 4.22. The largest absolute Gasteiger partial charge is 0.369 e. The van der Waals surface area contributed by atoms with Crippen LogP contribution in [0.3, 0.4) is 0 Å². The fourth-order valence-electron chi connectivity index (χ4n) is 4.53. The zero-order valence-electron chi connectivity index (χ0n) is 17.7. The van der Waals surface area contributed by atoms with Gasteiger partial charge in [-0.1, -0.05) is 17.7 Å². The van der Waals surface area contributed by atoms with Crippen molar-refractivity contribution >= 4 is 54.8 Å². The van der Waals surface area contributed by atoms with Crippen molar-refractivity contribution in [3.05, 3.63) is 51.0 Å². The lowest BCUT2D eigenvalue weighted by molar-refractivity contribution is -0.116. The van der Waals surface area contributed by atoms with E-state index in [1.165, 1.54) is 11.2 Å². The molecule has 0 bridgehead atoms. The molecule has 9 heteroatoms. The number of nitrogens with zero attached hydrogens (tertiary/aromatic N) is 3. The van der Waals surface area contributed by atoms with Crippen LogP contribution in [0.1, 0.15) is 25.0 Å². The zero-order valence-corrected chi connectivity index (χ0v) is 20.9. The Balaban J connectivity index is 1.59. The molecule has 2 aromatic carbocycles. The van der Waals surface area contributed by atoms with Crippen molar-refractivity contribution in [2.75, 3.05) is 36.0 Å².